The molecule has 1 aromatic heterocycles. The summed E-state index contributed by atoms with van der Waals surface area (Å²) < 4.78 is 43.9. The van der Waals surface area contributed by atoms with E-state index in [4.69, 9.17) is 0 Å². The molecule has 10 heteroatoms. The first kappa shape index (κ1) is 20.3. The topological polar surface area (TPSA) is 84.6 Å². The molecule has 0 aliphatic carbocycles. The highest BCUT2D eigenvalue weighted by Crippen LogP contribution is 2.24. The molecule has 4 rings (SSSR count). The monoisotopic (exact) mass is 432 g/mol. The number of hydrogen-bond acceptors (Lipinski definition) is 5. The van der Waals surface area contributed by atoms with Crippen LogP contribution in [0.4, 0.5) is 10.1 Å². The van der Waals surface area contributed by atoms with Crippen molar-refractivity contribution in [3.8, 4) is 0 Å². The summed E-state index contributed by atoms with van der Waals surface area (Å²) >= 11 is 0. The molecule has 3 aromatic rings. The van der Waals surface area contributed by atoms with Crippen LogP contribution in [0.1, 0.15) is 0 Å². The molecular weight excluding hydrogens is 411 g/mol. The molecule has 0 unspecified atom stereocenters. The minimum absolute atomic E-state index is 0.00918. The number of anilines is 1. The number of piperazine rings is 1. The number of hydrogen-bond donors (Lipinski definition) is 0. The Hall–Kier alpha value is -2.98. The van der Waals surface area contributed by atoms with Gasteiger partial charge in [-0.1, -0.05) is 12.1 Å². The van der Waals surface area contributed by atoms with Crippen molar-refractivity contribution in [3.63, 3.8) is 0 Å². The Labute approximate surface area is 172 Å². The lowest BCUT2D eigenvalue weighted by molar-refractivity contribution is 0.383. The highest BCUT2D eigenvalue weighted by Gasteiger charge is 2.29. The number of aromatic nitrogens is 2. The fourth-order valence-corrected chi connectivity index (χ4v) is 5.21. The minimum Gasteiger partial charge on any atom is -0.367 e. The normalized spacial score (nSPS) is 15.6. The molecule has 0 bridgehead atoms. The lowest BCUT2D eigenvalue weighted by Crippen LogP contribution is -2.49. The van der Waals surface area contributed by atoms with E-state index in [0.717, 1.165) is 4.57 Å². The lowest BCUT2D eigenvalue weighted by atomic mass is 10.2. The predicted molar refractivity (Wildman–Crippen MR) is 112 cm³/mol. The number of benzene rings is 2. The average molecular weight is 432 g/mol. The van der Waals surface area contributed by atoms with Crippen molar-refractivity contribution in [2.75, 3.05) is 31.1 Å². The zero-order valence-corrected chi connectivity index (χ0v) is 17.4. The second-order valence-electron chi connectivity index (χ2n) is 7.23. The molecule has 0 atom stereocenters. The number of aryl methyl sites for hydroxylation is 1. The third-order valence-electron chi connectivity index (χ3n) is 5.51. The summed E-state index contributed by atoms with van der Waals surface area (Å²) in [5, 5.41) is 0.158. The zero-order chi connectivity index (χ0) is 21.6. The molecule has 0 spiro atoms. The smallest absolute Gasteiger partial charge is 0.330 e. The van der Waals surface area contributed by atoms with Crippen molar-refractivity contribution in [1.82, 2.24) is 13.4 Å². The Morgan fingerprint density at radius 1 is 0.900 bits per heavy atom. The number of halogens is 1. The maximum atomic E-state index is 14.0. The molecule has 158 valence electrons. The second-order valence-corrected chi connectivity index (χ2v) is 9.17. The van der Waals surface area contributed by atoms with Gasteiger partial charge in [-0.2, -0.15) is 4.31 Å². The first-order valence-corrected chi connectivity index (χ1v) is 10.9. The maximum Gasteiger partial charge on any atom is 0.330 e. The van der Waals surface area contributed by atoms with Gasteiger partial charge in [-0.15, -0.1) is 0 Å². The van der Waals surface area contributed by atoms with E-state index < -0.39 is 21.3 Å². The molecule has 1 aliphatic heterocycles. The molecule has 0 amide bonds. The van der Waals surface area contributed by atoms with Crippen LogP contribution in [0.5, 0.6) is 0 Å². The fourth-order valence-electron chi connectivity index (χ4n) is 3.76. The Balaban J connectivity index is 1.65. The van der Waals surface area contributed by atoms with Gasteiger partial charge >= 0.3 is 5.69 Å². The van der Waals surface area contributed by atoms with Crippen LogP contribution in [0.25, 0.3) is 10.9 Å². The highest BCUT2D eigenvalue weighted by atomic mass is 32.2. The maximum absolute atomic E-state index is 14.0. The Bertz CT molecular complexity index is 1360. The molecule has 1 aliphatic rings. The molecule has 1 saturated heterocycles. The molecule has 30 heavy (non-hydrogen) atoms. The van der Waals surface area contributed by atoms with Gasteiger partial charge in [0.15, 0.2) is 0 Å². The first-order chi connectivity index (χ1) is 14.2. The first-order valence-electron chi connectivity index (χ1n) is 9.41. The Kier molecular flexibility index (Phi) is 4.99. The van der Waals surface area contributed by atoms with E-state index in [2.05, 4.69) is 0 Å². The van der Waals surface area contributed by atoms with Gasteiger partial charge in [0.1, 0.15) is 5.82 Å². The van der Waals surface area contributed by atoms with Gasteiger partial charge in [0.2, 0.25) is 10.0 Å². The number of fused-ring (bicyclic) bond motifs is 1. The van der Waals surface area contributed by atoms with Gasteiger partial charge in [0, 0.05) is 40.3 Å². The third kappa shape index (κ3) is 3.21. The van der Waals surface area contributed by atoms with Gasteiger partial charge in [-0.05, 0) is 30.3 Å². The minimum atomic E-state index is -3.84. The van der Waals surface area contributed by atoms with Gasteiger partial charge in [-0.25, -0.2) is 17.6 Å². The van der Waals surface area contributed by atoms with Crippen LogP contribution in [-0.4, -0.2) is 48.0 Å². The number of para-hydroxylation sites is 1. The average Bonchev–Trinajstić information content (AvgIpc) is 2.76. The van der Waals surface area contributed by atoms with E-state index in [1.165, 1.54) is 47.2 Å². The highest BCUT2D eigenvalue weighted by molar-refractivity contribution is 7.89. The largest absolute Gasteiger partial charge is 0.367 e. The van der Waals surface area contributed by atoms with Gasteiger partial charge in [0.25, 0.3) is 5.56 Å². The van der Waals surface area contributed by atoms with Crippen LogP contribution in [0, 0.1) is 5.82 Å². The van der Waals surface area contributed by atoms with Crippen molar-refractivity contribution in [3.05, 3.63) is 69.1 Å². The summed E-state index contributed by atoms with van der Waals surface area (Å²) in [7, 11) is -0.962. The number of rotatable bonds is 3. The predicted octanol–water partition coefficient (Wildman–Crippen LogP) is 0.887. The summed E-state index contributed by atoms with van der Waals surface area (Å²) in [6, 6.07) is 10.6. The summed E-state index contributed by atoms with van der Waals surface area (Å²) in [6.07, 6.45) is 0. The van der Waals surface area contributed by atoms with Crippen LogP contribution in [0.3, 0.4) is 0 Å². The summed E-state index contributed by atoms with van der Waals surface area (Å²) in [5.74, 6) is -0.343. The van der Waals surface area contributed by atoms with Crippen LogP contribution in [0.2, 0.25) is 0 Å². The van der Waals surface area contributed by atoms with E-state index in [9.17, 15) is 22.4 Å². The molecular formula is C20H21FN4O4S. The van der Waals surface area contributed by atoms with Crippen molar-refractivity contribution < 1.29 is 12.8 Å². The fraction of sp³-hybridized carbons (Fsp3) is 0.300. The van der Waals surface area contributed by atoms with E-state index in [0.29, 0.717) is 24.3 Å². The van der Waals surface area contributed by atoms with E-state index >= 15 is 0 Å². The number of nitrogens with zero attached hydrogens (tertiary/aromatic N) is 4. The molecule has 8 nitrogen and oxygen atoms in total. The van der Waals surface area contributed by atoms with Crippen LogP contribution < -0.4 is 16.1 Å². The third-order valence-corrected chi connectivity index (χ3v) is 7.40. The SMILES string of the molecule is Cn1c(=O)c2cc(S(=O)(=O)N3CCN(c4ccccc4F)CC3)ccc2n(C)c1=O. The van der Waals surface area contributed by atoms with Crippen LogP contribution >= 0.6 is 0 Å². The summed E-state index contributed by atoms with van der Waals surface area (Å²) in [4.78, 5) is 26.4. The lowest BCUT2D eigenvalue weighted by Gasteiger charge is -2.35. The second kappa shape index (κ2) is 7.37. The molecule has 0 radical (unpaired) electrons. The zero-order valence-electron chi connectivity index (χ0n) is 16.6. The van der Waals surface area contributed by atoms with Crippen molar-refractivity contribution in [2.24, 2.45) is 14.1 Å². The van der Waals surface area contributed by atoms with Gasteiger partial charge < -0.3 is 4.90 Å². The molecule has 0 N–H and O–H groups in total. The summed E-state index contributed by atoms with van der Waals surface area (Å²) in [5.41, 5.74) is -0.210. The van der Waals surface area contributed by atoms with Crippen molar-refractivity contribution >= 4 is 26.6 Å². The van der Waals surface area contributed by atoms with Gasteiger partial charge in [-0.3, -0.25) is 13.9 Å². The summed E-state index contributed by atoms with van der Waals surface area (Å²) in [6.45, 7) is 1.09. The van der Waals surface area contributed by atoms with E-state index in [1.54, 1.807) is 18.2 Å². The van der Waals surface area contributed by atoms with Crippen LogP contribution in [0.15, 0.2) is 56.9 Å². The molecule has 1 fully saturated rings. The van der Waals surface area contributed by atoms with E-state index in [-0.39, 0.29) is 29.2 Å². The quantitative estimate of drug-likeness (QED) is 0.614. The molecule has 2 heterocycles. The number of sulfonamides is 1. The Morgan fingerprint density at radius 2 is 1.57 bits per heavy atom. The molecule has 0 saturated carbocycles. The van der Waals surface area contributed by atoms with Gasteiger partial charge in [0.05, 0.1) is 21.5 Å². The standard InChI is InChI=1S/C20H21FN4O4S/c1-22-17-8-7-14(13-15(17)19(26)23(2)20(22)27)30(28,29)25-11-9-24(10-12-25)18-6-4-3-5-16(18)21/h3-8,13H,9-12H2,1-2H3. The Morgan fingerprint density at radius 3 is 2.23 bits per heavy atom. The molecule has 2 aromatic carbocycles. The van der Waals surface area contributed by atoms with Crippen molar-refractivity contribution in [2.45, 2.75) is 4.90 Å². The van der Waals surface area contributed by atoms with E-state index in [1.807, 2.05) is 4.90 Å². The van der Waals surface area contributed by atoms with Crippen LogP contribution in [-0.2, 0) is 24.1 Å². The van der Waals surface area contributed by atoms with Crippen molar-refractivity contribution in [1.29, 1.82) is 0 Å².